The predicted octanol–water partition coefficient (Wildman–Crippen LogP) is 6.00. The highest BCUT2D eigenvalue weighted by atomic mass is 32.2. The van der Waals surface area contributed by atoms with E-state index < -0.39 is 12.3 Å². The van der Waals surface area contributed by atoms with Crippen molar-refractivity contribution in [1.29, 1.82) is 0 Å². The number of carbonyl (C=O) groups is 1. The maximum atomic E-state index is 12.9. The molecule has 1 N–H and O–H groups in total. The number of hydrogen-bond donors (Lipinski definition) is 1. The molecule has 1 saturated heterocycles. The highest BCUT2D eigenvalue weighted by molar-refractivity contribution is 7.99. The number of amides is 1. The lowest BCUT2D eigenvalue weighted by atomic mass is 9.95. The van der Waals surface area contributed by atoms with Crippen LogP contribution in [0, 0.1) is 5.92 Å². The number of imidazole rings is 1. The fourth-order valence-electron chi connectivity index (χ4n) is 4.47. The smallest absolute Gasteiger partial charge is 0.368 e. The van der Waals surface area contributed by atoms with Crippen LogP contribution in [-0.2, 0) is 24.2 Å². The van der Waals surface area contributed by atoms with E-state index in [2.05, 4.69) is 28.9 Å². The van der Waals surface area contributed by atoms with Crippen molar-refractivity contribution in [1.82, 2.24) is 14.9 Å². The molecule has 3 aromatic rings. The van der Waals surface area contributed by atoms with Crippen LogP contribution >= 0.6 is 11.8 Å². The summed E-state index contributed by atoms with van der Waals surface area (Å²) in [6.07, 6.45) is -5.01. The maximum absolute atomic E-state index is 12.9. The van der Waals surface area contributed by atoms with Crippen molar-refractivity contribution >= 4 is 28.7 Å². The number of thioether (sulfide) groups is 1. The van der Waals surface area contributed by atoms with E-state index in [0.29, 0.717) is 37.0 Å². The third-order valence-corrected chi connectivity index (χ3v) is 7.19. The highest BCUT2D eigenvalue weighted by Crippen LogP contribution is 2.33. The van der Waals surface area contributed by atoms with Gasteiger partial charge in [-0.15, -0.1) is 11.8 Å². The van der Waals surface area contributed by atoms with E-state index in [1.807, 2.05) is 25.1 Å². The first-order chi connectivity index (χ1) is 16.8. The molecule has 1 unspecified atom stereocenters. The van der Waals surface area contributed by atoms with Crippen LogP contribution in [0.1, 0.15) is 48.4 Å². The lowest BCUT2D eigenvalue weighted by molar-refractivity contribution is -0.235. The first kappa shape index (κ1) is 25.6. The van der Waals surface area contributed by atoms with Crippen LogP contribution in [0.2, 0.25) is 0 Å². The summed E-state index contributed by atoms with van der Waals surface area (Å²) in [5.74, 6) is 1.64. The average molecular weight is 506 g/mol. The second kappa shape index (κ2) is 11.0. The first-order valence-electron chi connectivity index (χ1n) is 12.0. The van der Waals surface area contributed by atoms with E-state index in [0.717, 1.165) is 22.7 Å². The van der Waals surface area contributed by atoms with Crippen LogP contribution in [0.15, 0.2) is 47.4 Å². The number of fused-ring (bicyclic) bond motifs is 1. The quantitative estimate of drug-likeness (QED) is 0.382. The molecule has 1 aromatic heterocycles. The highest BCUT2D eigenvalue weighted by Gasteiger charge is 2.43. The van der Waals surface area contributed by atoms with Crippen molar-refractivity contribution in [2.24, 2.45) is 5.92 Å². The van der Waals surface area contributed by atoms with Crippen LogP contribution in [0.4, 0.5) is 13.2 Å². The van der Waals surface area contributed by atoms with Crippen LogP contribution in [-0.4, -0.2) is 40.1 Å². The van der Waals surface area contributed by atoms with Gasteiger partial charge in [-0.1, -0.05) is 19.1 Å². The first-order valence-corrected chi connectivity index (χ1v) is 12.9. The fourth-order valence-corrected chi connectivity index (χ4v) is 5.13. The number of rotatable bonds is 8. The minimum atomic E-state index is -4.31. The molecular weight excluding hydrogens is 475 g/mol. The molecule has 1 aliphatic heterocycles. The second-order valence-corrected chi connectivity index (χ2v) is 10.1. The molecular formula is C26H30F3N3O2S. The van der Waals surface area contributed by atoms with Gasteiger partial charge in [0.05, 0.1) is 17.6 Å². The van der Waals surface area contributed by atoms with Crippen molar-refractivity contribution in [2.45, 2.75) is 63.4 Å². The molecule has 0 aliphatic carbocycles. The molecule has 1 amide bonds. The lowest BCUT2D eigenvalue weighted by Crippen LogP contribution is -2.38. The molecule has 5 nitrogen and oxygen atoms in total. The Morgan fingerprint density at radius 1 is 1.17 bits per heavy atom. The largest absolute Gasteiger partial charge is 0.414 e. The normalized spacial score (nSPS) is 18.7. The Balaban J connectivity index is 1.42. The Morgan fingerprint density at radius 2 is 1.94 bits per heavy atom. The minimum absolute atomic E-state index is 0.0133. The van der Waals surface area contributed by atoms with Gasteiger partial charge in [0.1, 0.15) is 5.82 Å². The van der Waals surface area contributed by atoms with E-state index in [9.17, 15) is 18.0 Å². The minimum Gasteiger partial charge on any atom is -0.368 e. The summed E-state index contributed by atoms with van der Waals surface area (Å²) >= 11 is 1.77. The molecule has 1 fully saturated rings. The van der Waals surface area contributed by atoms with E-state index in [1.165, 1.54) is 4.90 Å². The maximum Gasteiger partial charge on any atom is 0.414 e. The zero-order valence-corrected chi connectivity index (χ0v) is 20.7. The van der Waals surface area contributed by atoms with E-state index >= 15 is 0 Å². The lowest BCUT2D eigenvalue weighted by Gasteiger charge is -2.30. The molecule has 2 aromatic carbocycles. The summed E-state index contributed by atoms with van der Waals surface area (Å²) in [6.45, 7) is 5.31. The molecule has 4 rings (SSSR count). The van der Waals surface area contributed by atoms with Crippen LogP contribution in [0.3, 0.4) is 0 Å². The molecule has 0 bridgehead atoms. The van der Waals surface area contributed by atoms with Gasteiger partial charge in [0.2, 0.25) is 0 Å². The number of nitrogens with one attached hydrogen (secondary N) is 1. The van der Waals surface area contributed by atoms with Gasteiger partial charge in [-0.2, -0.15) is 13.2 Å². The number of hydrogen-bond acceptors (Lipinski definition) is 4. The summed E-state index contributed by atoms with van der Waals surface area (Å²) in [5, 5.41) is 2.96. The molecule has 2 atom stereocenters. The molecule has 0 spiro atoms. The van der Waals surface area contributed by atoms with E-state index in [-0.39, 0.29) is 24.9 Å². The number of halogens is 3. The molecule has 35 heavy (non-hydrogen) atoms. The monoisotopic (exact) mass is 505 g/mol. The van der Waals surface area contributed by atoms with E-state index in [1.54, 1.807) is 23.9 Å². The van der Waals surface area contributed by atoms with Crippen molar-refractivity contribution in [3.05, 3.63) is 59.4 Å². The van der Waals surface area contributed by atoms with Gasteiger partial charge in [0, 0.05) is 30.0 Å². The molecule has 0 radical (unpaired) electrons. The van der Waals surface area contributed by atoms with Gasteiger partial charge in [0.15, 0.2) is 6.10 Å². The van der Waals surface area contributed by atoms with Gasteiger partial charge < -0.3 is 14.6 Å². The number of carbonyl (C=O) groups excluding carboxylic acids is 1. The number of aryl methyl sites for hydroxylation is 1. The van der Waals surface area contributed by atoms with Crippen LogP contribution in [0.25, 0.3) is 11.0 Å². The molecule has 9 heteroatoms. The summed E-state index contributed by atoms with van der Waals surface area (Å²) in [5.41, 5.74) is 3.17. The number of nitrogens with zero attached hydrogens (tertiary/aromatic N) is 2. The second-order valence-electron chi connectivity index (χ2n) is 8.75. The number of benzene rings is 2. The standard InChI is InChI=1S/C26H30F3N3O2S/c1-3-32-22-11-8-19(25(33)30-15-17-5-9-20(10-6-17)35-4-2)14-21(22)31-24(32)13-18-7-12-23(34-16-18)26(27,28)29/h5-6,8-11,14,18,23H,3-4,7,12-13,15-16H2,1-2H3,(H,30,33)/t18-,23?/m0/s1. The Kier molecular flexibility index (Phi) is 8.06. The number of aromatic nitrogens is 2. The molecule has 188 valence electrons. The fraction of sp³-hybridized carbons (Fsp3) is 0.462. The van der Waals surface area contributed by atoms with Crippen molar-refractivity contribution < 1.29 is 22.7 Å². The van der Waals surface area contributed by atoms with Gasteiger partial charge in [0.25, 0.3) is 5.91 Å². The Bertz CT molecular complexity index is 1150. The summed E-state index contributed by atoms with van der Waals surface area (Å²) < 4.78 is 45.8. The molecule has 2 heterocycles. The molecule has 0 saturated carbocycles. The third kappa shape index (κ3) is 6.19. The zero-order valence-electron chi connectivity index (χ0n) is 19.9. The van der Waals surface area contributed by atoms with Crippen LogP contribution < -0.4 is 5.32 Å². The van der Waals surface area contributed by atoms with E-state index in [4.69, 9.17) is 9.72 Å². The van der Waals surface area contributed by atoms with Gasteiger partial charge in [-0.3, -0.25) is 4.79 Å². The van der Waals surface area contributed by atoms with Gasteiger partial charge in [-0.05, 0) is 67.3 Å². The van der Waals surface area contributed by atoms with Gasteiger partial charge in [-0.25, -0.2) is 4.98 Å². The SMILES string of the molecule is CCSc1ccc(CNC(=O)c2ccc3c(c2)nc(C[C@@H]2CCC(C(F)(F)F)OC2)n3CC)cc1. The zero-order chi connectivity index (χ0) is 25.0. The average Bonchev–Trinajstić information content (AvgIpc) is 3.19. The molecule has 1 aliphatic rings. The predicted molar refractivity (Wildman–Crippen MR) is 132 cm³/mol. The number of ether oxygens (including phenoxy) is 1. The summed E-state index contributed by atoms with van der Waals surface area (Å²) in [7, 11) is 0. The number of alkyl halides is 3. The topological polar surface area (TPSA) is 56.1 Å². The van der Waals surface area contributed by atoms with Crippen LogP contribution in [0.5, 0.6) is 0 Å². The van der Waals surface area contributed by atoms with Crippen molar-refractivity contribution in [3.8, 4) is 0 Å². The summed E-state index contributed by atoms with van der Waals surface area (Å²) in [4.78, 5) is 18.7. The van der Waals surface area contributed by atoms with Crippen molar-refractivity contribution in [3.63, 3.8) is 0 Å². The van der Waals surface area contributed by atoms with Crippen molar-refractivity contribution in [2.75, 3.05) is 12.4 Å². The van der Waals surface area contributed by atoms with Gasteiger partial charge >= 0.3 is 6.18 Å². The summed E-state index contributed by atoms with van der Waals surface area (Å²) in [6, 6.07) is 13.6. The Hall–Kier alpha value is -2.52. The Labute approximate surface area is 207 Å². The Morgan fingerprint density at radius 3 is 2.57 bits per heavy atom. The third-order valence-electron chi connectivity index (χ3n) is 6.30.